The Morgan fingerprint density at radius 3 is 2.58 bits per heavy atom. The third-order valence-corrected chi connectivity index (χ3v) is 2.80. The second-order valence-corrected chi connectivity index (χ2v) is 4.29. The Hall–Kier alpha value is -2.17. The summed E-state index contributed by atoms with van der Waals surface area (Å²) in [4.78, 5) is 9.79. The Morgan fingerprint density at radius 2 is 1.95 bits per heavy atom. The summed E-state index contributed by atoms with van der Waals surface area (Å²) < 4.78 is 13.8. The number of hydrogen-bond acceptors (Lipinski definition) is 4. The SMILES string of the molecule is CCNc1ncc(F)c(N(C)c2ccc(C)cc2)n1. The van der Waals surface area contributed by atoms with Crippen LogP contribution in [0.3, 0.4) is 0 Å². The van der Waals surface area contributed by atoms with Gasteiger partial charge in [0.15, 0.2) is 11.6 Å². The molecule has 0 aliphatic rings. The van der Waals surface area contributed by atoms with E-state index in [9.17, 15) is 4.39 Å². The van der Waals surface area contributed by atoms with Gasteiger partial charge in [0.2, 0.25) is 5.95 Å². The summed E-state index contributed by atoms with van der Waals surface area (Å²) in [6.07, 6.45) is 1.19. The first kappa shape index (κ1) is 13.3. The van der Waals surface area contributed by atoms with E-state index in [2.05, 4.69) is 15.3 Å². The molecule has 0 radical (unpaired) electrons. The minimum absolute atomic E-state index is 0.259. The van der Waals surface area contributed by atoms with Gasteiger partial charge in [0.25, 0.3) is 0 Å². The molecule has 100 valence electrons. The highest BCUT2D eigenvalue weighted by Gasteiger charge is 2.12. The fourth-order valence-corrected chi connectivity index (χ4v) is 1.73. The van der Waals surface area contributed by atoms with Crippen LogP contribution in [0.15, 0.2) is 30.5 Å². The summed E-state index contributed by atoms with van der Waals surface area (Å²) in [5.41, 5.74) is 2.04. The third kappa shape index (κ3) is 2.99. The van der Waals surface area contributed by atoms with Crippen LogP contribution >= 0.6 is 0 Å². The van der Waals surface area contributed by atoms with Gasteiger partial charge in [-0.1, -0.05) is 17.7 Å². The average Bonchev–Trinajstić information content (AvgIpc) is 2.41. The average molecular weight is 260 g/mol. The number of hydrogen-bond donors (Lipinski definition) is 1. The van der Waals surface area contributed by atoms with Crippen molar-refractivity contribution in [3.63, 3.8) is 0 Å². The van der Waals surface area contributed by atoms with Crippen molar-refractivity contribution in [1.82, 2.24) is 9.97 Å². The topological polar surface area (TPSA) is 41.1 Å². The van der Waals surface area contributed by atoms with E-state index in [1.807, 2.05) is 38.1 Å². The Morgan fingerprint density at radius 1 is 1.26 bits per heavy atom. The first-order chi connectivity index (χ1) is 9.11. The van der Waals surface area contributed by atoms with Gasteiger partial charge in [0.1, 0.15) is 0 Å². The van der Waals surface area contributed by atoms with Crippen molar-refractivity contribution in [1.29, 1.82) is 0 Å². The highest BCUT2D eigenvalue weighted by molar-refractivity contribution is 5.60. The van der Waals surface area contributed by atoms with Gasteiger partial charge in [-0.3, -0.25) is 0 Å². The van der Waals surface area contributed by atoms with Crippen molar-refractivity contribution in [2.75, 3.05) is 23.8 Å². The molecular weight excluding hydrogens is 243 g/mol. The number of halogens is 1. The molecule has 5 heteroatoms. The second kappa shape index (κ2) is 5.65. The molecule has 0 spiro atoms. The van der Waals surface area contributed by atoms with Gasteiger partial charge >= 0.3 is 0 Å². The molecule has 0 atom stereocenters. The summed E-state index contributed by atoms with van der Waals surface area (Å²) in [6, 6.07) is 7.83. The minimum Gasteiger partial charge on any atom is -0.354 e. The van der Waals surface area contributed by atoms with Gasteiger partial charge in [-0.15, -0.1) is 0 Å². The maximum Gasteiger partial charge on any atom is 0.224 e. The number of nitrogens with one attached hydrogen (secondary N) is 1. The Bertz CT molecular complexity index is 554. The quantitative estimate of drug-likeness (QED) is 0.917. The third-order valence-electron chi connectivity index (χ3n) is 2.80. The van der Waals surface area contributed by atoms with Crippen molar-refractivity contribution in [3.05, 3.63) is 41.8 Å². The van der Waals surface area contributed by atoms with Crippen LogP contribution in [0.5, 0.6) is 0 Å². The molecule has 1 N–H and O–H groups in total. The monoisotopic (exact) mass is 260 g/mol. The molecule has 1 aromatic heterocycles. The molecule has 0 unspecified atom stereocenters. The first-order valence-electron chi connectivity index (χ1n) is 6.18. The Balaban J connectivity index is 2.34. The molecule has 19 heavy (non-hydrogen) atoms. The Kier molecular flexibility index (Phi) is 3.94. The van der Waals surface area contributed by atoms with Crippen molar-refractivity contribution >= 4 is 17.5 Å². The standard InChI is InChI=1S/C14H17FN4/c1-4-16-14-17-9-12(15)13(18-14)19(3)11-7-5-10(2)6-8-11/h5-9H,4H2,1-3H3,(H,16,17,18). The van der Waals surface area contributed by atoms with Crippen molar-refractivity contribution in [3.8, 4) is 0 Å². The van der Waals surface area contributed by atoms with Gasteiger partial charge in [0, 0.05) is 19.3 Å². The molecule has 1 aromatic carbocycles. The number of benzene rings is 1. The molecule has 0 saturated heterocycles. The first-order valence-corrected chi connectivity index (χ1v) is 6.18. The van der Waals surface area contributed by atoms with E-state index in [1.165, 1.54) is 6.20 Å². The molecule has 2 rings (SSSR count). The molecule has 0 fully saturated rings. The summed E-state index contributed by atoms with van der Waals surface area (Å²) >= 11 is 0. The van der Waals surface area contributed by atoms with Gasteiger partial charge in [0.05, 0.1) is 6.20 Å². The lowest BCUT2D eigenvalue weighted by Gasteiger charge is -2.19. The lowest BCUT2D eigenvalue weighted by Crippen LogP contribution is -2.15. The fourth-order valence-electron chi connectivity index (χ4n) is 1.73. The number of nitrogens with zero attached hydrogens (tertiary/aromatic N) is 3. The maximum absolute atomic E-state index is 13.8. The van der Waals surface area contributed by atoms with E-state index in [4.69, 9.17) is 0 Å². The Labute approximate surface area is 112 Å². The normalized spacial score (nSPS) is 10.3. The smallest absolute Gasteiger partial charge is 0.224 e. The van der Waals surface area contributed by atoms with Gasteiger partial charge in [-0.25, -0.2) is 9.37 Å². The summed E-state index contributed by atoms with van der Waals surface area (Å²) in [5, 5.41) is 2.98. The summed E-state index contributed by atoms with van der Waals surface area (Å²) in [5.74, 6) is 0.248. The predicted octanol–water partition coefficient (Wildman–Crippen LogP) is 3.12. The lowest BCUT2D eigenvalue weighted by molar-refractivity contribution is 0.614. The summed E-state index contributed by atoms with van der Waals surface area (Å²) in [7, 11) is 1.78. The van der Waals surface area contributed by atoms with Crippen molar-refractivity contribution in [2.24, 2.45) is 0 Å². The van der Waals surface area contributed by atoms with Crippen LogP contribution in [0.25, 0.3) is 0 Å². The van der Waals surface area contributed by atoms with Crippen LogP contribution in [0.2, 0.25) is 0 Å². The van der Waals surface area contributed by atoms with Crippen LogP contribution in [-0.2, 0) is 0 Å². The molecule has 2 aromatic rings. The van der Waals surface area contributed by atoms with E-state index in [-0.39, 0.29) is 5.82 Å². The zero-order valence-electron chi connectivity index (χ0n) is 11.3. The van der Waals surface area contributed by atoms with E-state index >= 15 is 0 Å². The molecule has 0 aliphatic carbocycles. The van der Waals surface area contributed by atoms with Crippen LogP contribution in [0, 0.1) is 12.7 Å². The van der Waals surface area contributed by atoms with E-state index < -0.39 is 5.82 Å². The fraction of sp³-hybridized carbons (Fsp3) is 0.286. The number of rotatable bonds is 4. The largest absolute Gasteiger partial charge is 0.354 e. The van der Waals surface area contributed by atoms with Gasteiger partial charge in [-0.2, -0.15) is 4.98 Å². The van der Waals surface area contributed by atoms with Crippen LogP contribution < -0.4 is 10.2 Å². The van der Waals surface area contributed by atoms with Gasteiger partial charge in [-0.05, 0) is 26.0 Å². The minimum atomic E-state index is -0.440. The molecule has 0 saturated carbocycles. The second-order valence-electron chi connectivity index (χ2n) is 4.29. The summed E-state index contributed by atoms with van der Waals surface area (Å²) in [6.45, 7) is 4.65. The molecule has 1 heterocycles. The maximum atomic E-state index is 13.8. The highest BCUT2D eigenvalue weighted by Crippen LogP contribution is 2.24. The van der Waals surface area contributed by atoms with Gasteiger partial charge < -0.3 is 10.2 Å². The highest BCUT2D eigenvalue weighted by atomic mass is 19.1. The molecular formula is C14H17FN4. The lowest BCUT2D eigenvalue weighted by atomic mass is 10.2. The predicted molar refractivity (Wildman–Crippen MR) is 75.4 cm³/mol. The molecule has 0 bridgehead atoms. The van der Waals surface area contributed by atoms with Crippen LogP contribution in [-0.4, -0.2) is 23.6 Å². The molecule has 0 aliphatic heterocycles. The number of aryl methyl sites for hydroxylation is 1. The number of anilines is 3. The van der Waals surface area contributed by atoms with Crippen LogP contribution in [0.1, 0.15) is 12.5 Å². The molecule has 0 amide bonds. The number of aromatic nitrogens is 2. The van der Waals surface area contributed by atoms with E-state index in [0.717, 1.165) is 11.3 Å². The van der Waals surface area contributed by atoms with E-state index in [1.54, 1.807) is 11.9 Å². The van der Waals surface area contributed by atoms with Crippen LogP contribution in [0.4, 0.5) is 21.8 Å². The van der Waals surface area contributed by atoms with Crippen molar-refractivity contribution < 1.29 is 4.39 Å². The molecule has 4 nitrogen and oxygen atoms in total. The van der Waals surface area contributed by atoms with Crippen molar-refractivity contribution in [2.45, 2.75) is 13.8 Å². The van der Waals surface area contributed by atoms with E-state index in [0.29, 0.717) is 12.5 Å². The zero-order chi connectivity index (χ0) is 13.8. The zero-order valence-corrected chi connectivity index (χ0v) is 11.3.